The molecule has 0 spiro atoms. The molecule has 0 aromatic heterocycles. The number of carbonyl (C=O) groups is 1. The van der Waals surface area contributed by atoms with E-state index in [1.54, 1.807) is 6.07 Å². The Balaban J connectivity index is 2.03. The monoisotopic (exact) mass is 335 g/mol. The van der Waals surface area contributed by atoms with Crippen molar-refractivity contribution in [3.63, 3.8) is 0 Å². The average molecular weight is 335 g/mol. The summed E-state index contributed by atoms with van der Waals surface area (Å²) < 4.78 is 16.8. The van der Waals surface area contributed by atoms with Crippen molar-refractivity contribution in [2.45, 2.75) is 59.5 Å². The molecule has 0 heterocycles. The lowest BCUT2D eigenvalue weighted by atomic mass is 10.0. The third kappa shape index (κ3) is 4.79. The second-order valence-corrected chi connectivity index (χ2v) is 6.27. The first kappa shape index (κ1) is 18.4. The standard InChI is InChI=1S/C19H29NO4/c1-5-22-17-12-16(11-13(3)18(17)23-6-2)20-19(21)24-14(4)15-9-7-8-10-15/h11-12,14-15H,5-10H2,1-4H3,(H,20,21). The SMILES string of the molecule is CCOc1cc(NC(=O)OC(C)C2CCCC2)cc(C)c1OCC. The molecular formula is C19H29NO4. The fourth-order valence-corrected chi connectivity index (χ4v) is 3.24. The van der Waals surface area contributed by atoms with E-state index in [-0.39, 0.29) is 6.10 Å². The van der Waals surface area contributed by atoms with Crippen molar-refractivity contribution in [1.29, 1.82) is 0 Å². The van der Waals surface area contributed by atoms with E-state index in [0.29, 0.717) is 30.6 Å². The summed E-state index contributed by atoms with van der Waals surface area (Å²) in [7, 11) is 0. The van der Waals surface area contributed by atoms with Gasteiger partial charge in [0.05, 0.1) is 13.2 Å². The fourth-order valence-electron chi connectivity index (χ4n) is 3.24. The van der Waals surface area contributed by atoms with E-state index in [1.807, 2.05) is 33.8 Å². The normalized spacial score (nSPS) is 15.8. The van der Waals surface area contributed by atoms with E-state index >= 15 is 0 Å². The Bertz CT molecular complexity index is 553. The lowest BCUT2D eigenvalue weighted by Gasteiger charge is -2.20. The molecule has 2 rings (SSSR count). The molecule has 1 aliphatic carbocycles. The van der Waals surface area contributed by atoms with Crippen molar-refractivity contribution < 1.29 is 19.0 Å². The Morgan fingerprint density at radius 3 is 2.50 bits per heavy atom. The summed E-state index contributed by atoms with van der Waals surface area (Å²) in [6.45, 7) is 8.86. The number of hydrogen-bond acceptors (Lipinski definition) is 4. The van der Waals surface area contributed by atoms with Crippen LogP contribution in [0.5, 0.6) is 11.5 Å². The van der Waals surface area contributed by atoms with E-state index in [0.717, 1.165) is 24.2 Å². The van der Waals surface area contributed by atoms with Gasteiger partial charge >= 0.3 is 6.09 Å². The quantitative estimate of drug-likeness (QED) is 0.768. The minimum absolute atomic E-state index is 0.0531. The molecule has 1 unspecified atom stereocenters. The number of hydrogen-bond donors (Lipinski definition) is 1. The topological polar surface area (TPSA) is 56.8 Å². The minimum Gasteiger partial charge on any atom is -0.490 e. The van der Waals surface area contributed by atoms with Gasteiger partial charge in [0, 0.05) is 11.8 Å². The number of amides is 1. The predicted octanol–water partition coefficient (Wildman–Crippen LogP) is 4.92. The van der Waals surface area contributed by atoms with Gasteiger partial charge in [0.25, 0.3) is 0 Å². The Labute approximate surface area is 144 Å². The van der Waals surface area contributed by atoms with Crippen LogP contribution in [0.3, 0.4) is 0 Å². The first-order valence-electron chi connectivity index (χ1n) is 8.93. The van der Waals surface area contributed by atoms with Crippen molar-refractivity contribution in [1.82, 2.24) is 0 Å². The van der Waals surface area contributed by atoms with E-state index < -0.39 is 6.09 Å². The van der Waals surface area contributed by atoms with Crippen LogP contribution in [0.15, 0.2) is 12.1 Å². The molecule has 1 amide bonds. The molecule has 24 heavy (non-hydrogen) atoms. The molecule has 1 aromatic rings. The predicted molar refractivity (Wildman–Crippen MR) is 95.0 cm³/mol. The van der Waals surface area contributed by atoms with Crippen LogP contribution in [0.2, 0.25) is 0 Å². The summed E-state index contributed by atoms with van der Waals surface area (Å²) in [6.07, 6.45) is 4.28. The van der Waals surface area contributed by atoms with Gasteiger partial charge in [0.2, 0.25) is 0 Å². The van der Waals surface area contributed by atoms with Gasteiger partial charge < -0.3 is 14.2 Å². The molecule has 0 aliphatic heterocycles. The Hall–Kier alpha value is -1.91. The van der Waals surface area contributed by atoms with Crippen molar-refractivity contribution in [2.24, 2.45) is 5.92 Å². The van der Waals surface area contributed by atoms with E-state index in [9.17, 15) is 4.79 Å². The summed E-state index contributed by atoms with van der Waals surface area (Å²) in [6, 6.07) is 3.65. The fraction of sp³-hybridized carbons (Fsp3) is 0.632. The molecule has 1 saturated carbocycles. The molecule has 5 nitrogen and oxygen atoms in total. The lowest BCUT2D eigenvalue weighted by Crippen LogP contribution is -2.25. The first-order chi connectivity index (χ1) is 11.5. The zero-order chi connectivity index (χ0) is 17.5. The number of anilines is 1. The van der Waals surface area contributed by atoms with Gasteiger partial charge in [-0.15, -0.1) is 0 Å². The molecule has 1 aromatic carbocycles. The van der Waals surface area contributed by atoms with Gasteiger partial charge in [-0.05, 0) is 58.1 Å². The number of aryl methyl sites for hydroxylation is 1. The third-order valence-corrected chi connectivity index (χ3v) is 4.43. The minimum atomic E-state index is -0.416. The summed E-state index contributed by atoms with van der Waals surface area (Å²) in [5, 5.41) is 2.81. The maximum atomic E-state index is 12.2. The highest BCUT2D eigenvalue weighted by atomic mass is 16.6. The van der Waals surface area contributed by atoms with Gasteiger partial charge in [0.15, 0.2) is 11.5 Å². The summed E-state index contributed by atoms with van der Waals surface area (Å²) >= 11 is 0. The molecule has 0 bridgehead atoms. The Kier molecular flexibility index (Phi) is 6.76. The van der Waals surface area contributed by atoms with Crippen LogP contribution in [-0.4, -0.2) is 25.4 Å². The highest BCUT2D eigenvalue weighted by Crippen LogP contribution is 2.35. The maximum Gasteiger partial charge on any atom is 0.411 e. The highest BCUT2D eigenvalue weighted by Gasteiger charge is 2.24. The van der Waals surface area contributed by atoms with Gasteiger partial charge in [0.1, 0.15) is 6.10 Å². The van der Waals surface area contributed by atoms with Crippen LogP contribution in [0.4, 0.5) is 10.5 Å². The molecule has 1 N–H and O–H groups in total. The zero-order valence-corrected chi connectivity index (χ0v) is 15.2. The smallest absolute Gasteiger partial charge is 0.411 e. The van der Waals surface area contributed by atoms with Crippen LogP contribution in [0.1, 0.15) is 52.0 Å². The summed E-state index contributed by atoms with van der Waals surface area (Å²) in [5.41, 5.74) is 1.57. The molecule has 0 saturated heterocycles. The van der Waals surface area contributed by atoms with Crippen LogP contribution < -0.4 is 14.8 Å². The zero-order valence-electron chi connectivity index (χ0n) is 15.2. The highest BCUT2D eigenvalue weighted by molar-refractivity contribution is 5.85. The number of carbonyl (C=O) groups excluding carboxylic acids is 1. The van der Waals surface area contributed by atoms with Crippen LogP contribution >= 0.6 is 0 Å². The lowest BCUT2D eigenvalue weighted by molar-refractivity contribution is 0.0854. The first-order valence-corrected chi connectivity index (χ1v) is 8.93. The molecule has 0 radical (unpaired) electrons. The van der Waals surface area contributed by atoms with Crippen molar-refractivity contribution in [3.05, 3.63) is 17.7 Å². The molecule has 134 valence electrons. The number of nitrogens with one attached hydrogen (secondary N) is 1. The Morgan fingerprint density at radius 1 is 1.21 bits per heavy atom. The van der Waals surface area contributed by atoms with Crippen molar-refractivity contribution >= 4 is 11.8 Å². The summed E-state index contributed by atoms with van der Waals surface area (Å²) in [5.74, 6) is 1.84. The molecule has 5 heteroatoms. The van der Waals surface area contributed by atoms with E-state index in [2.05, 4.69) is 5.32 Å². The van der Waals surface area contributed by atoms with Crippen LogP contribution in [-0.2, 0) is 4.74 Å². The average Bonchev–Trinajstić information content (AvgIpc) is 3.05. The number of ether oxygens (including phenoxy) is 3. The molecular weight excluding hydrogens is 306 g/mol. The van der Waals surface area contributed by atoms with Gasteiger partial charge in [-0.2, -0.15) is 0 Å². The molecule has 1 fully saturated rings. The van der Waals surface area contributed by atoms with E-state index in [4.69, 9.17) is 14.2 Å². The maximum absolute atomic E-state index is 12.2. The molecule has 1 atom stereocenters. The Morgan fingerprint density at radius 2 is 1.88 bits per heavy atom. The third-order valence-electron chi connectivity index (χ3n) is 4.43. The van der Waals surface area contributed by atoms with E-state index in [1.165, 1.54) is 12.8 Å². The van der Waals surface area contributed by atoms with Crippen molar-refractivity contribution in [2.75, 3.05) is 18.5 Å². The van der Waals surface area contributed by atoms with Gasteiger partial charge in [-0.25, -0.2) is 4.79 Å². The second kappa shape index (κ2) is 8.81. The largest absolute Gasteiger partial charge is 0.490 e. The second-order valence-electron chi connectivity index (χ2n) is 6.27. The summed E-state index contributed by atoms with van der Waals surface area (Å²) in [4.78, 5) is 12.2. The van der Waals surface area contributed by atoms with Gasteiger partial charge in [-0.3, -0.25) is 5.32 Å². The number of rotatable bonds is 7. The number of benzene rings is 1. The van der Waals surface area contributed by atoms with Crippen LogP contribution in [0, 0.1) is 12.8 Å². The van der Waals surface area contributed by atoms with Crippen LogP contribution in [0.25, 0.3) is 0 Å². The van der Waals surface area contributed by atoms with Gasteiger partial charge in [-0.1, -0.05) is 12.8 Å². The molecule has 1 aliphatic rings. The van der Waals surface area contributed by atoms with Crippen molar-refractivity contribution in [3.8, 4) is 11.5 Å².